The Hall–Kier alpha value is -1.83. The molecule has 0 aliphatic heterocycles. The molecule has 1 aromatic heterocycles. The van der Waals surface area contributed by atoms with Crippen molar-refractivity contribution < 1.29 is 4.79 Å². The van der Waals surface area contributed by atoms with E-state index in [0.29, 0.717) is 6.42 Å². The minimum absolute atomic E-state index is 0.274. The Morgan fingerprint density at radius 3 is 2.94 bits per heavy atom. The Bertz CT molecular complexity index is 577. The first-order chi connectivity index (χ1) is 7.86. The van der Waals surface area contributed by atoms with E-state index in [4.69, 9.17) is 0 Å². The maximum absolute atomic E-state index is 11.9. The van der Waals surface area contributed by atoms with Crippen LogP contribution in [0.3, 0.4) is 0 Å². The van der Waals surface area contributed by atoms with Crippen LogP contribution in [-0.2, 0) is 4.79 Å². The summed E-state index contributed by atoms with van der Waals surface area (Å²) in [5.74, 6) is 0.274. The standard InChI is InChI=1S/C14H13NO/c16-14-8-4-2-6-11(14)12-9-15-13-7-3-1-5-10(12)13/h1,3,5-7,9,15H,2,4,8H2. The third-order valence-corrected chi connectivity index (χ3v) is 3.14. The van der Waals surface area contributed by atoms with Gasteiger partial charge in [0.1, 0.15) is 0 Å². The molecule has 2 nitrogen and oxygen atoms in total. The van der Waals surface area contributed by atoms with Crippen LogP contribution in [0.15, 0.2) is 36.5 Å². The quantitative estimate of drug-likeness (QED) is 0.771. The third kappa shape index (κ3) is 1.38. The summed E-state index contributed by atoms with van der Waals surface area (Å²) in [7, 11) is 0. The number of nitrogens with one attached hydrogen (secondary N) is 1. The van der Waals surface area contributed by atoms with E-state index in [0.717, 1.165) is 34.9 Å². The zero-order chi connectivity index (χ0) is 11.0. The summed E-state index contributed by atoms with van der Waals surface area (Å²) >= 11 is 0. The Balaban J connectivity index is 2.19. The Labute approximate surface area is 94.0 Å². The molecule has 1 aliphatic carbocycles. The molecule has 0 saturated carbocycles. The van der Waals surface area contributed by atoms with Crippen molar-refractivity contribution in [1.82, 2.24) is 4.98 Å². The number of fused-ring (bicyclic) bond motifs is 1. The van der Waals surface area contributed by atoms with Gasteiger partial charge in [-0.05, 0) is 18.9 Å². The predicted molar refractivity (Wildman–Crippen MR) is 65.1 cm³/mol. The van der Waals surface area contributed by atoms with Gasteiger partial charge >= 0.3 is 0 Å². The average molecular weight is 211 g/mol. The molecule has 0 fully saturated rings. The number of allylic oxidation sites excluding steroid dienone is 2. The van der Waals surface area contributed by atoms with Crippen molar-refractivity contribution in [3.8, 4) is 0 Å². The van der Waals surface area contributed by atoms with Crippen molar-refractivity contribution in [1.29, 1.82) is 0 Å². The van der Waals surface area contributed by atoms with Gasteiger partial charge in [0.15, 0.2) is 5.78 Å². The number of Topliss-reactive ketones (excluding diaryl/α,β-unsaturated/α-hetero) is 1. The second-order valence-corrected chi connectivity index (χ2v) is 4.18. The molecule has 3 rings (SSSR count). The second kappa shape index (κ2) is 3.63. The molecule has 2 heteroatoms. The van der Waals surface area contributed by atoms with E-state index in [1.807, 2.05) is 24.4 Å². The van der Waals surface area contributed by atoms with Gasteiger partial charge in [-0.25, -0.2) is 0 Å². The fourth-order valence-electron chi connectivity index (χ4n) is 2.31. The van der Waals surface area contributed by atoms with Gasteiger partial charge in [0.05, 0.1) is 0 Å². The number of aromatic amines is 1. The van der Waals surface area contributed by atoms with Crippen LogP contribution in [0.4, 0.5) is 0 Å². The predicted octanol–water partition coefficient (Wildman–Crippen LogP) is 3.30. The summed E-state index contributed by atoms with van der Waals surface area (Å²) in [6.07, 6.45) is 6.71. The Morgan fingerprint density at radius 1 is 1.19 bits per heavy atom. The molecule has 1 aliphatic rings. The molecule has 0 radical (unpaired) electrons. The van der Waals surface area contributed by atoms with Crippen molar-refractivity contribution >= 4 is 22.3 Å². The SMILES string of the molecule is O=C1CCCC=C1c1c[nH]c2ccccc12. The Morgan fingerprint density at radius 2 is 2.06 bits per heavy atom. The molecule has 0 bridgehead atoms. The van der Waals surface area contributed by atoms with Crippen molar-refractivity contribution in [3.05, 3.63) is 42.1 Å². The average Bonchev–Trinajstić information content (AvgIpc) is 2.74. The maximum atomic E-state index is 11.9. The summed E-state index contributed by atoms with van der Waals surface area (Å²) in [5.41, 5.74) is 3.04. The van der Waals surface area contributed by atoms with Gasteiger partial charge in [-0.1, -0.05) is 24.3 Å². The van der Waals surface area contributed by atoms with E-state index >= 15 is 0 Å². The van der Waals surface area contributed by atoms with Crippen LogP contribution in [-0.4, -0.2) is 10.8 Å². The van der Waals surface area contributed by atoms with Crippen LogP contribution < -0.4 is 0 Å². The van der Waals surface area contributed by atoms with E-state index < -0.39 is 0 Å². The van der Waals surface area contributed by atoms with Crippen LogP contribution in [0.25, 0.3) is 16.5 Å². The van der Waals surface area contributed by atoms with E-state index in [9.17, 15) is 4.79 Å². The fourth-order valence-corrected chi connectivity index (χ4v) is 2.31. The lowest BCUT2D eigenvalue weighted by Gasteiger charge is -2.10. The number of hydrogen-bond donors (Lipinski definition) is 1. The van der Waals surface area contributed by atoms with Gasteiger partial charge < -0.3 is 4.98 Å². The number of para-hydroxylation sites is 1. The number of ketones is 1. The highest BCUT2D eigenvalue weighted by Gasteiger charge is 2.17. The number of H-pyrrole nitrogens is 1. The van der Waals surface area contributed by atoms with Crippen molar-refractivity contribution in [2.45, 2.75) is 19.3 Å². The minimum Gasteiger partial charge on any atom is -0.361 e. The summed E-state index contributed by atoms with van der Waals surface area (Å²) in [5, 5.41) is 1.14. The molecule has 80 valence electrons. The van der Waals surface area contributed by atoms with Crippen molar-refractivity contribution in [3.63, 3.8) is 0 Å². The minimum atomic E-state index is 0.274. The van der Waals surface area contributed by atoms with Crippen LogP contribution in [0.2, 0.25) is 0 Å². The van der Waals surface area contributed by atoms with E-state index in [1.165, 1.54) is 0 Å². The number of rotatable bonds is 1. The fraction of sp³-hybridized carbons (Fsp3) is 0.214. The lowest BCUT2D eigenvalue weighted by molar-refractivity contribution is -0.114. The molecule has 0 amide bonds. The maximum Gasteiger partial charge on any atom is 0.163 e. The molecule has 2 aromatic rings. The lowest BCUT2D eigenvalue weighted by atomic mass is 9.92. The molecule has 0 spiro atoms. The van der Waals surface area contributed by atoms with Gasteiger partial charge in [0.2, 0.25) is 0 Å². The first-order valence-corrected chi connectivity index (χ1v) is 5.66. The van der Waals surface area contributed by atoms with E-state index in [1.54, 1.807) is 0 Å². The van der Waals surface area contributed by atoms with Gasteiger partial charge in [-0.2, -0.15) is 0 Å². The molecule has 1 aromatic carbocycles. The molecular formula is C14H13NO. The topological polar surface area (TPSA) is 32.9 Å². The molecular weight excluding hydrogens is 198 g/mol. The van der Waals surface area contributed by atoms with Crippen LogP contribution in [0, 0.1) is 0 Å². The summed E-state index contributed by atoms with van der Waals surface area (Å²) in [4.78, 5) is 15.1. The number of carbonyl (C=O) groups excluding carboxylic acids is 1. The number of aromatic nitrogens is 1. The number of hydrogen-bond acceptors (Lipinski definition) is 1. The lowest BCUT2D eigenvalue weighted by Crippen LogP contribution is -2.05. The molecule has 0 unspecified atom stereocenters. The summed E-state index contributed by atoms with van der Waals surface area (Å²) in [6.45, 7) is 0. The zero-order valence-corrected chi connectivity index (χ0v) is 8.99. The Kier molecular flexibility index (Phi) is 2.13. The molecule has 1 heterocycles. The largest absolute Gasteiger partial charge is 0.361 e. The first kappa shape index (κ1) is 9.40. The monoisotopic (exact) mass is 211 g/mol. The van der Waals surface area contributed by atoms with Crippen LogP contribution >= 0.6 is 0 Å². The van der Waals surface area contributed by atoms with Gasteiger partial charge in [-0.3, -0.25) is 4.79 Å². The summed E-state index contributed by atoms with van der Waals surface area (Å²) in [6, 6.07) is 8.10. The van der Waals surface area contributed by atoms with Crippen LogP contribution in [0.5, 0.6) is 0 Å². The normalized spacial score (nSPS) is 16.5. The van der Waals surface area contributed by atoms with E-state index in [-0.39, 0.29) is 5.78 Å². The zero-order valence-electron chi connectivity index (χ0n) is 8.99. The van der Waals surface area contributed by atoms with Gasteiger partial charge in [-0.15, -0.1) is 0 Å². The third-order valence-electron chi connectivity index (χ3n) is 3.14. The van der Waals surface area contributed by atoms with E-state index in [2.05, 4.69) is 17.1 Å². The van der Waals surface area contributed by atoms with Crippen LogP contribution in [0.1, 0.15) is 24.8 Å². The number of benzene rings is 1. The van der Waals surface area contributed by atoms with Crippen molar-refractivity contribution in [2.24, 2.45) is 0 Å². The molecule has 0 atom stereocenters. The smallest absolute Gasteiger partial charge is 0.163 e. The van der Waals surface area contributed by atoms with Gasteiger partial charge in [0.25, 0.3) is 0 Å². The molecule has 1 N–H and O–H groups in total. The highest BCUT2D eigenvalue weighted by Crippen LogP contribution is 2.29. The highest BCUT2D eigenvalue weighted by atomic mass is 16.1. The van der Waals surface area contributed by atoms with Gasteiger partial charge in [0, 0.05) is 34.7 Å². The molecule has 0 saturated heterocycles. The first-order valence-electron chi connectivity index (χ1n) is 5.66. The second-order valence-electron chi connectivity index (χ2n) is 4.18. The van der Waals surface area contributed by atoms with Crippen molar-refractivity contribution in [2.75, 3.05) is 0 Å². The summed E-state index contributed by atoms with van der Waals surface area (Å²) < 4.78 is 0. The highest BCUT2D eigenvalue weighted by molar-refractivity contribution is 6.24. The molecule has 16 heavy (non-hydrogen) atoms. The number of carbonyl (C=O) groups is 1.